The summed E-state index contributed by atoms with van der Waals surface area (Å²) in [5.74, 6) is 2.32. The monoisotopic (exact) mass is 451 g/mol. The van der Waals surface area contributed by atoms with E-state index in [9.17, 15) is 5.11 Å². The third-order valence-corrected chi connectivity index (χ3v) is 6.04. The van der Waals surface area contributed by atoms with E-state index in [-0.39, 0.29) is 18.5 Å². The van der Waals surface area contributed by atoms with Gasteiger partial charge >= 0.3 is 0 Å². The Kier molecular flexibility index (Phi) is 6.33. The normalized spacial score (nSPS) is 19.5. The van der Waals surface area contributed by atoms with E-state index in [1.807, 2.05) is 41.4 Å². The zero-order chi connectivity index (χ0) is 22.6. The molecular formula is C22H29N9O2. The molecule has 1 atom stereocenters. The molecular weight excluding hydrogens is 422 g/mol. The molecule has 1 unspecified atom stereocenters. The van der Waals surface area contributed by atoms with E-state index < -0.39 is 0 Å². The van der Waals surface area contributed by atoms with Crippen LogP contribution in [0.3, 0.4) is 0 Å². The summed E-state index contributed by atoms with van der Waals surface area (Å²) in [5, 5.41) is 18.4. The van der Waals surface area contributed by atoms with Crippen molar-refractivity contribution in [1.82, 2.24) is 29.7 Å². The molecule has 11 heteroatoms. The lowest BCUT2D eigenvalue weighted by molar-refractivity contribution is 0.0371. The number of hydrogen-bond donors (Lipinski definition) is 2. The SMILES string of the molecule is Nc1nc(N(c2ccccc2)N2CCOCC2)nn1-c1cc(N2CCCC(CO)C2)ncn1. The minimum Gasteiger partial charge on any atom is -0.396 e. The number of benzene rings is 1. The highest BCUT2D eigenvalue weighted by Gasteiger charge is 2.26. The van der Waals surface area contributed by atoms with Crippen LogP contribution >= 0.6 is 0 Å². The number of piperidine rings is 1. The lowest BCUT2D eigenvalue weighted by Gasteiger charge is -2.36. The molecule has 2 aromatic heterocycles. The number of rotatable bonds is 6. The van der Waals surface area contributed by atoms with Crippen molar-refractivity contribution in [2.24, 2.45) is 5.92 Å². The number of hydrazine groups is 1. The summed E-state index contributed by atoms with van der Waals surface area (Å²) < 4.78 is 7.08. The molecule has 33 heavy (non-hydrogen) atoms. The molecule has 5 rings (SSSR count). The molecule has 3 N–H and O–H groups in total. The minimum atomic E-state index is 0.185. The first-order chi connectivity index (χ1) is 16.2. The molecule has 0 radical (unpaired) electrons. The lowest BCUT2D eigenvalue weighted by atomic mass is 9.99. The molecule has 0 saturated carbocycles. The van der Waals surface area contributed by atoms with Crippen LogP contribution in [0.15, 0.2) is 42.7 Å². The van der Waals surface area contributed by atoms with E-state index in [1.54, 1.807) is 4.68 Å². The van der Waals surface area contributed by atoms with Gasteiger partial charge in [-0.1, -0.05) is 18.2 Å². The molecule has 0 spiro atoms. The maximum Gasteiger partial charge on any atom is 0.266 e. The molecule has 3 aromatic rings. The number of ether oxygens (including phenoxy) is 1. The number of para-hydroxylation sites is 1. The van der Waals surface area contributed by atoms with Crippen LogP contribution in [-0.4, -0.2) is 80.8 Å². The number of nitrogens with two attached hydrogens (primary N) is 1. The van der Waals surface area contributed by atoms with Crippen LogP contribution in [0.25, 0.3) is 5.82 Å². The smallest absolute Gasteiger partial charge is 0.266 e. The van der Waals surface area contributed by atoms with Gasteiger partial charge in [-0.2, -0.15) is 9.67 Å². The highest BCUT2D eigenvalue weighted by Crippen LogP contribution is 2.28. The second kappa shape index (κ2) is 9.69. The maximum absolute atomic E-state index is 9.57. The van der Waals surface area contributed by atoms with Gasteiger partial charge in [0.15, 0.2) is 5.82 Å². The minimum absolute atomic E-state index is 0.185. The van der Waals surface area contributed by atoms with Crippen LogP contribution in [0, 0.1) is 5.92 Å². The van der Waals surface area contributed by atoms with Gasteiger partial charge in [0.25, 0.3) is 5.95 Å². The average Bonchev–Trinajstić information content (AvgIpc) is 3.26. The molecule has 1 aromatic carbocycles. The van der Waals surface area contributed by atoms with Crippen molar-refractivity contribution < 1.29 is 9.84 Å². The summed E-state index contributed by atoms with van der Waals surface area (Å²) in [5.41, 5.74) is 7.25. The average molecular weight is 452 g/mol. The van der Waals surface area contributed by atoms with E-state index in [4.69, 9.17) is 15.6 Å². The van der Waals surface area contributed by atoms with E-state index in [2.05, 4.69) is 24.9 Å². The van der Waals surface area contributed by atoms with Crippen LogP contribution in [0.4, 0.5) is 23.4 Å². The molecule has 2 aliphatic rings. The number of aliphatic hydroxyl groups excluding tert-OH is 1. The number of nitrogens with zero attached hydrogens (tertiary/aromatic N) is 8. The summed E-state index contributed by atoms with van der Waals surface area (Å²) in [6, 6.07) is 11.9. The molecule has 174 valence electrons. The molecule has 0 amide bonds. The highest BCUT2D eigenvalue weighted by atomic mass is 16.5. The van der Waals surface area contributed by atoms with Crippen molar-refractivity contribution in [3.8, 4) is 5.82 Å². The predicted octanol–water partition coefficient (Wildman–Crippen LogP) is 1.23. The van der Waals surface area contributed by atoms with Crippen LogP contribution < -0.4 is 15.6 Å². The Bertz CT molecular complexity index is 1060. The quantitative estimate of drug-likeness (QED) is 0.566. The fraction of sp³-hybridized carbons (Fsp3) is 0.455. The van der Waals surface area contributed by atoms with Gasteiger partial charge in [0, 0.05) is 38.9 Å². The van der Waals surface area contributed by atoms with Crippen molar-refractivity contribution in [3.63, 3.8) is 0 Å². The number of nitrogen functional groups attached to an aromatic ring is 1. The van der Waals surface area contributed by atoms with Gasteiger partial charge in [-0.3, -0.25) is 0 Å². The summed E-state index contributed by atoms with van der Waals surface area (Å²) in [6.45, 7) is 4.57. The van der Waals surface area contributed by atoms with Gasteiger partial charge in [-0.05, 0) is 30.9 Å². The van der Waals surface area contributed by atoms with Gasteiger partial charge in [-0.15, -0.1) is 5.10 Å². The van der Waals surface area contributed by atoms with E-state index in [0.717, 1.165) is 50.5 Å². The summed E-state index contributed by atoms with van der Waals surface area (Å²) in [7, 11) is 0. The van der Waals surface area contributed by atoms with Gasteiger partial charge in [0.1, 0.15) is 12.1 Å². The van der Waals surface area contributed by atoms with Crippen LogP contribution in [-0.2, 0) is 4.74 Å². The molecule has 11 nitrogen and oxygen atoms in total. The lowest BCUT2D eigenvalue weighted by Crippen LogP contribution is -2.47. The predicted molar refractivity (Wildman–Crippen MR) is 124 cm³/mol. The topological polar surface area (TPSA) is 122 Å². The Morgan fingerprint density at radius 1 is 1.09 bits per heavy atom. The zero-order valence-corrected chi connectivity index (χ0v) is 18.5. The fourth-order valence-electron chi connectivity index (χ4n) is 4.35. The standard InChI is InChI=1S/C22H29N9O2/c23-21-26-22(31(18-6-2-1-3-7-18)29-9-11-33-12-10-29)27-30(21)20-13-19(24-16-25-20)28-8-4-5-17(14-28)15-32/h1-3,6-7,13,16-17,32H,4-5,8-12,14-15H2,(H2,23,26,27). The van der Waals surface area contributed by atoms with Crippen LogP contribution in [0.2, 0.25) is 0 Å². The third-order valence-electron chi connectivity index (χ3n) is 6.04. The van der Waals surface area contributed by atoms with Crippen molar-refractivity contribution in [1.29, 1.82) is 0 Å². The summed E-state index contributed by atoms with van der Waals surface area (Å²) >= 11 is 0. The first-order valence-electron chi connectivity index (χ1n) is 11.3. The van der Waals surface area contributed by atoms with E-state index in [1.165, 1.54) is 6.33 Å². The van der Waals surface area contributed by atoms with Gasteiger partial charge in [0.05, 0.1) is 18.9 Å². The maximum atomic E-state index is 9.57. The first kappa shape index (κ1) is 21.6. The van der Waals surface area contributed by atoms with Crippen molar-refractivity contribution in [2.75, 3.05) is 61.6 Å². The Labute approximate surface area is 192 Å². The second-order valence-electron chi connectivity index (χ2n) is 8.27. The zero-order valence-electron chi connectivity index (χ0n) is 18.5. The number of anilines is 4. The molecule has 2 aliphatic heterocycles. The summed E-state index contributed by atoms with van der Waals surface area (Å²) in [6.07, 6.45) is 3.57. The van der Waals surface area contributed by atoms with Crippen molar-refractivity contribution >= 4 is 23.4 Å². The Balaban J connectivity index is 1.46. The van der Waals surface area contributed by atoms with Gasteiger partial charge in [-0.25, -0.2) is 20.0 Å². The van der Waals surface area contributed by atoms with Gasteiger partial charge in [0.2, 0.25) is 5.95 Å². The molecule has 4 heterocycles. The second-order valence-corrected chi connectivity index (χ2v) is 8.27. The van der Waals surface area contributed by atoms with Crippen LogP contribution in [0.5, 0.6) is 0 Å². The Morgan fingerprint density at radius 3 is 2.67 bits per heavy atom. The molecule has 0 bridgehead atoms. The Hall–Kier alpha value is -3.28. The van der Waals surface area contributed by atoms with Gasteiger partial charge < -0.3 is 20.5 Å². The molecule has 0 aliphatic carbocycles. The number of hydrogen-bond acceptors (Lipinski definition) is 10. The van der Waals surface area contributed by atoms with Crippen molar-refractivity contribution in [2.45, 2.75) is 12.8 Å². The third kappa shape index (κ3) is 4.61. The van der Waals surface area contributed by atoms with Crippen LogP contribution in [0.1, 0.15) is 12.8 Å². The number of aliphatic hydroxyl groups is 1. The summed E-state index contributed by atoms with van der Waals surface area (Å²) in [4.78, 5) is 15.6. The highest BCUT2D eigenvalue weighted by molar-refractivity contribution is 5.57. The number of morpholine rings is 1. The van der Waals surface area contributed by atoms with E-state index in [0.29, 0.717) is 25.0 Å². The van der Waals surface area contributed by atoms with Crippen molar-refractivity contribution in [3.05, 3.63) is 42.7 Å². The Morgan fingerprint density at radius 2 is 1.88 bits per heavy atom. The largest absolute Gasteiger partial charge is 0.396 e. The van der Waals surface area contributed by atoms with E-state index >= 15 is 0 Å². The fourth-order valence-corrected chi connectivity index (χ4v) is 4.35. The molecule has 2 fully saturated rings. The molecule has 2 saturated heterocycles. The number of aromatic nitrogens is 5. The first-order valence-corrected chi connectivity index (χ1v) is 11.3.